The molecule has 3 aromatic rings. The third-order valence-electron chi connectivity index (χ3n) is 4.47. The van der Waals surface area contributed by atoms with Crippen molar-refractivity contribution in [3.05, 3.63) is 95.6 Å². The van der Waals surface area contributed by atoms with Gasteiger partial charge in [0.2, 0.25) is 0 Å². The smallest absolute Gasteiger partial charge is 0.306 e. The molecule has 3 aromatic carbocycles. The van der Waals surface area contributed by atoms with Gasteiger partial charge in [-0.3, -0.25) is 4.79 Å². The number of hydrogen-bond acceptors (Lipinski definition) is 4. The highest BCUT2D eigenvalue weighted by molar-refractivity contribution is 5.70. The lowest BCUT2D eigenvalue weighted by Gasteiger charge is -2.15. The largest absolute Gasteiger partial charge is 0.485 e. The van der Waals surface area contributed by atoms with Crippen LogP contribution in [0.15, 0.2) is 78.9 Å². The van der Waals surface area contributed by atoms with Crippen molar-refractivity contribution in [2.24, 2.45) is 0 Å². The number of carbonyl (C=O) groups excluding carboxylic acids is 1. The third kappa shape index (κ3) is 6.96. The Morgan fingerprint density at radius 3 is 1.87 bits per heavy atom. The summed E-state index contributed by atoms with van der Waals surface area (Å²) in [6, 6.07) is 25.9. The molecule has 0 heterocycles. The van der Waals surface area contributed by atoms with Gasteiger partial charge in [0.25, 0.3) is 0 Å². The van der Waals surface area contributed by atoms with Gasteiger partial charge in [0.05, 0.1) is 6.10 Å². The number of carbonyl (C=O) groups is 1. The molecule has 0 aliphatic carbocycles. The lowest BCUT2D eigenvalue weighted by Crippen LogP contribution is -2.12. The summed E-state index contributed by atoms with van der Waals surface area (Å²) in [5.41, 5.74) is 3.18. The molecule has 156 valence electrons. The Hall–Kier alpha value is -3.27. The predicted octanol–water partition coefficient (Wildman–Crippen LogP) is 5.73. The van der Waals surface area contributed by atoms with Crippen molar-refractivity contribution in [2.45, 2.75) is 46.0 Å². The van der Waals surface area contributed by atoms with Crippen LogP contribution in [0.5, 0.6) is 11.5 Å². The van der Waals surface area contributed by atoms with Crippen LogP contribution in [0.4, 0.5) is 0 Å². The van der Waals surface area contributed by atoms with E-state index in [4.69, 9.17) is 14.2 Å². The van der Waals surface area contributed by atoms with Crippen LogP contribution in [0.2, 0.25) is 0 Å². The normalized spacial score (nSPS) is 10.6. The Bertz CT molecular complexity index is 920. The Morgan fingerprint density at radius 1 is 0.733 bits per heavy atom. The molecule has 0 amide bonds. The molecule has 0 saturated heterocycles. The summed E-state index contributed by atoms with van der Waals surface area (Å²) >= 11 is 0. The van der Waals surface area contributed by atoms with Crippen LogP contribution in [-0.2, 0) is 29.2 Å². The van der Waals surface area contributed by atoms with E-state index >= 15 is 0 Å². The number of esters is 1. The van der Waals surface area contributed by atoms with E-state index in [0.717, 1.165) is 16.7 Å². The first kappa shape index (κ1) is 21.4. The van der Waals surface area contributed by atoms with Gasteiger partial charge in [-0.05, 0) is 49.1 Å². The number of aryl methyl sites for hydroxylation is 1. The van der Waals surface area contributed by atoms with Gasteiger partial charge >= 0.3 is 5.97 Å². The molecule has 0 atom stereocenters. The predicted molar refractivity (Wildman–Crippen MR) is 118 cm³/mol. The van der Waals surface area contributed by atoms with Crippen molar-refractivity contribution in [1.29, 1.82) is 0 Å². The molecule has 3 rings (SSSR count). The second-order valence-corrected chi connectivity index (χ2v) is 7.37. The van der Waals surface area contributed by atoms with Crippen LogP contribution in [0.25, 0.3) is 0 Å². The fraction of sp³-hybridized carbons (Fsp3) is 0.269. The molecule has 0 saturated carbocycles. The lowest BCUT2D eigenvalue weighted by atomic mass is 10.1. The average molecular weight is 405 g/mol. The lowest BCUT2D eigenvalue weighted by molar-refractivity contribution is -0.147. The minimum Gasteiger partial charge on any atom is -0.485 e. The highest BCUT2D eigenvalue weighted by Crippen LogP contribution is 2.30. The molecule has 0 fully saturated rings. The van der Waals surface area contributed by atoms with Crippen LogP contribution < -0.4 is 9.47 Å². The van der Waals surface area contributed by atoms with E-state index in [0.29, 0.717) is 37.6 Å². The van der Waals surface area contributed by atoms with Gasteiger partial charge < -0.3 is 14.2 Å². The number of hydrogen-bond donors (Lipinski definition) is 0. The minimum absolute atomic E-state index is 0.101. The third-order valence-corrected chi connectivity index (χ3v) is 4.47. The first-order chi connectivity index (χ1) is 14.6. The molecule has 0 unspecified atom stereocenters. The van der Waals surface area contributed by atoms with Crippen LogP contribution in [0, 0.1) is 0 Å². The van der Waals surface area contributed by atoms with Crippen LogP contribution in [-0.4, -0.2) is 12.1 Å². The molecule has 0 spiro atoms. The van der Waals surface area contributed by atoms with Gasteiger partial charge in [0.1, 0.15) is 13.2 Å². The summed E-state index contributed by atoms with van der Waals surface area (Å²) in [6.07, 6.45) is 0.822. The van der Waals surface area contributed by atoms with Gasteiger partial charge in [0.15, 0.2) is 11.5 Å². The second kappa shape index (κ2) is 11.1. The Morgan fingerprint density at radius 2 is 1.30 bits per heavy atom. The fourth-order valence-corrected chi connectivity index (χ4v) is 2.98. The van der Waals surface area contributed by atoms with Crippen LogP contribution in [0.1, 0.15) is 37.0 Å². The summed E-state index contributed by atoms with van der Waals surface area (Å²) in [5.74, 6) is 1.16. The molecule has 0 N–H and O–H groups in total. The van der Waals surface area contributed by atoms with Crippen LogP contribution in [0.3, 0.4) is 0 Å². The number of rotatable bonds is 10. The standard InChI is InChI=1S/C26H28O4/c1-20(2)30-26(27)16-14-21-13-15-24(28-18-22-9-5-3-6-10-22)25(17-21)29-19-23-11-7-4-8-12-23/h3-13,15,17,20H,14,16,18-19H2,1-2H3. The van der Waals surface area contributed by atoms with Gasteiger partial charge in [-0.25, -0.2) is 0 Å². The fourth-order valence-electron chi connectivity index (χ4n) is 2.98. The van der Waals surface area contributed by atoms with Crippen molar-refractivity contribution in [3.63, 3.8) is 0 Å². The first-order valence-electron chi connectivity index (χ1n) is 10.3. The molecule has 0 aliphatic heterocycles. The van der Waals surface area contributed by atoms with E-state index in [2.05, 4.69) is 0 Å². The zero-order chi connectivity index (χ0) is 21.2. The highest BCUT2D eigenvalue weighted by Gasteiger charge is 2.11. The van der Waals surface area contributed by atoms with E-state index in [1.165, 1.54) is 0 Å². The maximum atomic E-state index is 11.9. The summed E-state index contributed by atoms with van der Waals surface area (Å²) in [7, 11) is 0. The molecule has 0 radical (unpaired) electrons. The molecule has 30 heavy (non-hydrogen) atoms. The zero-order valence-electron chi connectivity index (χ0n) is 17.5. The van der Waals surface area contributed by atoms with E-state index < -0.39 is 0 Å². The van der Waals surface area contributed by atoms with Gasteiger partial charge in [-0.2, -0.15) is 0 Å². The van der Waals surface area contributed by atoms with Crippen molar-refractivity contribution >= 4 is 5.97 Å². The highest BCUT2D eigenvalue weighted by atomic mass is 16.5. The maximum absolute atomic E-state index is 11.9. The van der Waals surface area contributed by atoms with Gasteiger partial charge in [-0.15, -0.1) is 0 Å². The molecule has 4 heteroatoms. The molecule has 4 nitrogen and oxygen atoms in total. The van der Waals surface area contributed by atoms with E-state index in [-0.39, 0.29) is 12.1 Å². The van der Waals surface area contributed by atoms with Gasteiger partial charge in [0, 0.05) is 6.42 Å². The first-order valence-corrected chi connectivity index (χ1v) is 10.3. The summed E-state index contributed by atoms with van der Waals surface area (Å²) < 4.78 is 17.3. The summed E-state index contributed by atoms with van der Waals surface area (Å²) in [5, 5.41) is 0. The zero-order valence-corrected chi connectivity index (χ0v) is 17.5. The Kier molecular flexibility index (Phi) is 7.90. The van der Waals surface area contributed by atoms with Gasteiger partial charge in [-0.1, -0.05) is 66.7 Å². The summed E-state index contributed by atoms with van der Waals surface area (Å²) in [4.78, 5) is 11.9. The SMILES string of the molecule is CC(C)OC(=O)CCc1ccc(OCc2ccccc2)c(OCc2ccccc2)c1. The summed E-state index contributed by atoms with van der Waals surface area (Å²) in [6.45, 7) is 4.61. The topological polar surface area (TPSA) is 44.8 Å². The van der Waals surface area contributed by atoms with Crippen molar-refractivity contribution in [1.82, 2.24) is 0 Å². The quantitative estimate of drug-likeness (QED) is 0.405. The Labute approximate surface area is 178 Å². The second-order valence-electron chi connectivity index (χ2n) is 7.37. The Balaban J connectivity index is 1.70. The average Bonchev–Trinajstić information content (AvgIpc) is 2.76. The molecule has 0 aromatic heterocycles. The van der Waals surface area contributed by atoms with Crippen molar-refractivity contribution in [2.75, 3.05) is 0 Å². The maximum Gasteiger partial charge on any atom is 0.306 e. The molecule has 0 bridgehead atoms. The molecular formula is C26H28O4. The van der Waals surface area contributed by atoms with E-state index in [9.17, 15) is 4.79 Å². The van der Waals surface area contributed by atoms with E-state index in [1.54, 1.807) is 0 Å². The molecule has 0 aliphatic rings. The number of ether oxygens (including phenoxy) is 3. The van der Waals surface area contributed by atoms with E-state index in [1.807, 2.05) is 92.7 Å². The number of benzene rings is 3. The molecular weight excluding hydrogens is 376 g/mol. The van der Waals surface area contributed by atoms with Crippen molar-refractivity contribution < 1.29 is 19.0 Å². The monoisotopic (exact) mass is 404 g/mol. The van der Waals surface area contributed by atoms with Crippen molar-refractivity contribution in [3.8, 4) is 11.5 Å². The van der Waals surface area contributed by atoms with Crippen LogP contribution >= 0.6 is 0 Å². The minimum atomic E-state index is -0.193.